The third kappa shape index (κ3) is 2.46. The van der Waals surface area contributed by atoms with Gasteiger partial charge in [-0.25, -0.2) is 0 Å². The van der Waals surface area contributed by atoms with Gasteiger partial charge in [0.25, 0.3) is 0 Å². The second kappa shape index (κ2) is 4.83. The normalized spacial score (nSPS) is 18.2. The fraction of sp³-hybridized carbons (Fsp3) is 0.727. The summed E-state index contributed by atoms with van der Waals surface area (Å²) in [7, 11) is 1.75. The molecule has 0 aromatic carbocycles. The number of hydrogen-bond donors (Lipinski definition) is 2. The quantitative estimate of drug-likeness (QED) is 0.797. The largest absolute Gasteiger partial charge is 0.342 e. The van der Waals surface area contributed by atoms with Crippen LogP contribution in [0.1, 0.15) is 37.4 Å². The first-order valence-electron chi connectivity index (χ1n) is 5.93. The van der Waals surface area contributed by atoms with Crippen molar-refractivity contribution in [3.63, 3.8) is 0 Å². The first-order chi connectivity index (χ1) is 8.16. The van der Waals surface area contributed by atoms with E-state index in [1.165, 1.54) is 0 Å². The number of nitrogens with zero attached hydrogens (tertiary/aromatic N) is 2. The lowest BCUT2D eigenvalue weighted by Gasteiger charge is -2.26. The summed E-state index contributed by atoms with van der Waals surface area (Å²) >= 11 is 0. The molecule has 6 nitrogen and oxygen atoms in total. The highest BCUT2D eigenvalue weighted by Crippen LogP contribution is 2.37. The molecule has 0 bridgehead atoms. The van der Waals surface area contributed by atoms with E-state index in [4.69, 9.17) is 4.52 Å². The lowest BCUT2D eigenvalue weighted by atomic mass is 9.96. The molecule has 1 aliphatic rings. The molecule has 0 aliphatic heterocycles. The Kier molecular flexibility index (Phi) is 3.42. The first-order valence-corrected chi connectivity index (χ1v) is 5.93. The molecule has 0 spiro atoms. The molecular weight excluding hydrogens is 220 g/mol. The van der Waals surface area contributed by atoms with Crippen LogP contribution in [-0.2, 0) is 10.3 Å². The molecule has 2 rings (SSSR count). The second-order valence-corrected chi connectivity index (χ2v) is 4.50. The summed E-state index contributed by atoms with van der Waals surface area (Å²) < 4.78 is 5.02. The molecule has 1 aliphatic carbocycles. The average molecular weight is 238 g/mol. The molecule has 0 saturated heterocycles. The zero-order valence-corrected chi connectivity index (χ0v) is 10.2. The molecule has 0 unspecified atom stereocenters. The summed E-state index contributed by atoms with van der Waals surface area (Å²) in [6.45, 7) is 2.06. The van der Waals surface area contributed by atoms with E-state index in [0.717, 1.165) is 25.7 Å². The van der Waals surface area contributed by atoms with E-state index < -0.39 is 5.54 Å². The zero-order valence-electron chi connectivity index (χ0n) is 10.2. The van der Waals surface area contributed by atoms with Crippen LogP contribution in [0.3, 0.4) is 0 Å². The van der Waals surface area contributed by atoms with Crippen molar-refractivity contribution in [1.82, 2.24) is 20.8 Å². The predicted octanol–water partition coefficient (Wildman–Crippen LogP) is 0.483. The molecular formula is C11H18N4O2. The van der Waals surface area contributed by atoms with E-state index in [1.54, 1.807) is 14.0 Å². The van der Waals surface area contributed by atoms with E-state index in [0.29, 0.717) is 18.3 Å². The number of aryl methyl sites for hydroxylation is 1. The molecule has 6 heteroatoms. The van der Waals surface area contributed by atoms with Crippen LogP contribution in [0.2, 0.25) is 0 Å². The standard InChI is InChI=1S/C11H18N4O2/c1-8-13-10(15-17-8)11(5-3-4-6-11)14-9(16)7-12-2/h12H,3-7H2,1-2H3,(H,14,16). The Morgan fingerprint density at radius 3 is 2.71 bits per heavy atom. The van der Waals surface area contributed by atoms with Crippen molar-refractivity contribution in [3.05, 3.63) is 11.7 Å². The molecule has 1 heterocycles. The Labute approximate surface area is 100 Å². The monoisotopic (exact) mass is 238 g/mol. The lowest BCUT2D eigenvalue weighted by Crippen LogP contribution is -2.47. The van der Waals surface area contributed by atoms with Gasteiger partial charge < -0.3 is 15.2 Å². The van der Waals surface area contributed by atoms with E-state index in [1.807, 2.05) is 0 Å². The van der Waals surface area contributed by atoms with Crippen molar-refractivity contribution in [2.75, 3.05) is 13.6 Å². The Hall–Kier alpha value is -1.43. The molecule has 17 heavy (non-hydrogen) atoms. The van der Waals surface area contributed by atoms with Gasteiger partial charge in [0.15, 0.2) is 5.82 Å². The predicted molar refractivity (Wildman–Crippen MR) is 61.3 cm³/mol. The van der Waals surface area contributed by atoms with Gasteiger partial charge in [0, 0.05) is 6.92 Å². The topological polar surface area (TPSA) is 80.0 Å². The average Bonchev–Trinajstić information content (AvgIpc) is 2.88. The Bertz CT molecular complexity index is 396. The maximum atomic E-state index is 11.7. The summed E-state index contributed by atoms with van der Waals surface area (Å²) in [5.74, 6) is 1.11. The zero-order chi connectivity index (χ0) is 12.3. The fourth-order valence-electron chi connectivity index (χ4n) is 2.35. The van der Waals surface area contributed by atoms with Crippen LogP contribution >= 0.6 is 0 Å². The highest BCUT2D eigenvalue weighted by molar-refractivity contribution is 5.79. The van der Waals surface area contributed by atoms with Crippen LogP contribution in [0.25, 0.3) is 0 Å². The third-order valence-corrected chi connectivity index (χ3v) is 3.13. The summed E-state index contributed by atoms with van der Waals surface area (Å²) in [6, 6.07) is 0. The lowest BCUT2D eigenvalue weighted by molar-refractivity contribution is -0.122. The van der Waals surface area contributed by atoms with Gasteiger partial charge in [-0.05, 0) is 19.9 Å². The smallest absolute Gasteiger partial charge is 0.234 e. The van der Waals surface area contributed by atoms with Crippen molar-refractivity contribution < 1.29 is 9.32 Å². The van der Waals surface area contributed by atoms with Crippen molar-refractivity contribution >= 4 is 5.91 Å². The molecule has 2 N–H and O–H groups in total. The van der Waals surface area contributed by atoms with Crippen molar-refractivity contribution in [3.8, 4) is 0 Å². The minimum atomic E-state index is -0.425. The second-order valence-electron chi connectivity index (χ2n) is 4.50. The Balaban J connectivity index is 2.18. The van der Waals surface area contributed by atoms with Crippen LogP contribution in [0, 0.1) is 6.92 Å². The van der Waals surface area contributed by atoms with E-state index in [2.05, 4.69) is 20.8 Å². The number of hydrogen-bond acceptors (Lipinski definition) is 5. The minimum Gasteiger partial charge on any atom is -0.342 e. The molecule has 0 atom stereocenters. The van der Waals surface area contributed by atoms with Crippen LogP contribution < -0.4 is 10.6 Å². The highest BCUT2D eigenvalue weighted by atomic mass is 16.5. The number of rotatable bonds is 4. The number of aromatic nitrogens is 2. The van der Waals surface area contributed by atoms with E-state index in [-0.39, 0.29) is 5.91 Å². The number of amides is 1. The van der Waals surface area contributed by atoms with Crippen molar-refractivity contribution in [2.45, 2.75) is 38.1 Å². The molecule has 1 amide bonds. The van der Waals surface area contributed by atoms with Gasteiger partial charge in [0.2, 0.25) is 11.8 Å². The summed E-state index contributed by atoms with van der Waals surface area (Å²) in [5.41, 5.74) is -0.425. The van der Waals surface area contributed by atoms with Gasteiger partial charge in [-0.2, -0.15) is 4.98 Å². The van der Waals surface area contributed by atoms with Gasteiger partial charge in [0.1, 0.15) is 5.54 Å². The van der Waals surface area contributed by atoms with Crippen LogP contribution in [-0.4, -0.2) is 29.6 Å². The summed E-state index contributed by atoms with van der Waals surface area (Å²) in [6.07, 6.45) is 3.91. The molecule has 1 saturated carbocycles. The molecule has 1 fully saturated rings. The van der Waals surface area contributed by atoms with Crippen molar-refractivity contribution in [1.29, 1.82) is 0 Å². The van der Waals surface area contributed by atoms with Gasteiger partial charge in [-0.1, -0.05) is 18.0 Å². The fourth-order valence-corrected chi connectivity index (χ4v) is 2.35. The van der Waals surface area contributed by atoms with Crippen LogP contribution in [0.5, 0.6) is 0 Å². The van der Waals surface area contributed by atoms with Crippen LogP contribution in [0.15, 0.2) is 4.52 Å². The Morgan fingerprint density at radius 1 is 1.47 bits per heavy atom. The van der Waals surface area contributed by atoms with E-state index in [9.17, 15) is 4.79 Å². The third-order valence-electron chi connectivity index (χ3n) is 3.13. The minimum absolute atomic E-state index is 0.0307. The van der Waals surface area contributed by atoms with Crippen LogP contribution in [0.4, 0.5) is 0 Å². The van der Waals surface area contributed by atoms with Crippen molar-refractivity contribution in [2.24, 2.45) is 0 Å². The Morgan fingerprint density at radius 2 is 2.18 bits per heavy atom. The maximum absolute atomic E-state index is 11.7. The number of likely N-dealkylation sites (N-methyl/N-ethyl adjacent to an activating group) is 1. The molecule has 94 valence electrons. The highest BCUT2D eigenvalue weighted by Gasteiger charge is 2.40. The maximum Gasteiger partial charge on any atom is 0.234 e. The van der Waals surface area contributed by atoms with E-state index >= 15 is 0 Å². The number of nitrogens with one attached hydrogen (secondary N) is 2. The summed E-state index contributed by atoms with van der Waals surface area (Å²) in [4.78, 5) is 16.0. The van der Waals surface area contributed by atoms with Gasteiger partial charge in [-0.3, -0.25) is 4.79 Å². The number of carbonyl (C=O) groups excluding carboxylic acids is 1. The van der Waals surface area contributed by atoms with Gasteiger partial charge >= 0.3 is 0 Å². The van der Waals surface area contributed by atoms with Gasteiger partial charge in [-0.15, -0.1) is 0 Å². The van der Waals surface area contributed by atoms with Gasteiger partial charge in [0.05, 0.1) is 6.54 Å². The first kappa shape index (κ1) is 12.0. The number of carbonyl (C=O) groups is 1. The SMILES string of the molecule is CNCC(=O)NC1(c2noc(C)n2)CCCC1. The summed E-state index contributed by atoms with van der Waals surface area (Å²) in [5, 5.41) is 9.84. The molecule has 1 aromatic rings. The molecule has 0 radical (unpaired) electrons. The molecule has 1 aromatic heterocycles.